The van der Waals surface area contributed by atoms with Gasteiger partial charge in [0.15, 0.2) is 6.61 Å². The van der Waals surface area contributed by atoms with Gasteiger partial charge in [0, 0.05) is 25.6 Å². The molecule has 2 heterocycles. The van der Waals surface area contributed by atoms with Gasteiger partial charge in [-0.2, -0.15) is 0 Å². The fourth-order valence-corrected chi connectivity index (χ4v) is 2.86. The molecule has 0 spiro atoms. The highest BCUT2D eigenvalue weighted by atomic mass is 16.6. The molecule has 0 N–H and O–H groups in total. The molecular weight excluding hydrogens is 312 g/mol. The van der Waals surface area contributed by atoms with Crippen molar-refractivity contribution in [2.24, 2.45) is 5.92 Å². The van der Waals surface area contributed by atoms with E-state index in [1.165, 1.54) is 0 Å². The van der Waals surface area contributed by atoms with Crippen LogP contribution in [0.5, 0.6) is 5.75 Å². The highest BCUT2D eigenvalue weighted by molar-refractivity contribution is 5.97. The zero-order valence-corrected chi connectivity index (χ0v) is 13.6. The molecule has 7 nitrogen and oxygen atoms in total. The SMILES string of the molecule is CCOc1ccc(CC(=O)N2CC(CN3C(=O)COC3=O)C2)cc1. The summed E-state index contributed by atoms with van der Waals surface area (Å²) >= 11 is 0. The monoisotopic (exact) mass is 332 g/mol. The zero-order valence-electron chi connectivity index (χ0n) is 13.6. The first-order valence-electron chi connectivity index (χ1n) is 8.03. The lowest BCUT2D eigenvalue weighted by Gasteiger charge is -2.40. The van der Waals surface area contributed by atoms with Gasteiger partial charge in [0.2, 0.25) is 5.91 Å². The van der Waals surface area contributed by atoms with Crippen molar-refractivity contribution in [3.8, 4) is 5.75 Å². The molecule has 0 unspecified atom stereocenters. The predicted molar refractivity (Wildman–Crippen MR) is 84.4 cm³/mol. The molecule has 2 saturated heterocycles. The molecule has 0 radical (unpaired) electrons. The van der Waals surface area contributed by atoms with E-state index < -0.39 is 6.09 Å². The van der Waals surface area contributed by atoms with E-state index in [9.17, 15) is 14.4 Å². The fourth-order valence-electron chi connectivity index (χ4n) is 2.86. The number of benzene rings is 1. The Bertz CT molecular complexity index is 621. The molecule has 3 rings (SSSR count). The molecule has 0 bridgehead atoms. The van der Waals surface area contributed by atoms with E-state index in [4.69, 9.17) is 4.74 Å². The molecule has 3 amide bonds. The number of rotatable bonds is 6. The average Bonchev–Trinajstić information content (AvgIpc) is 2.83. The van der Waals surface area contributed by atoms with E-state index in [1.807, 2.05) is 31.2 Å². The van der Waals surface area contributed by atoms with Gasteiger partial charge in [0.1, 0.15) is 5.75 Å². The zero-order chi connectivity index (χ0) is 17.1. The van der Waals surface area contributed by atoms with Crippen LogP contribution in [0.15, 0.2) is 24.3 Å². The molecule has 0 aliphatic carbocycles. The second-order valence-electron chi connectivity index (χ2n) is 5.98. The topological polar surface area (TPSA) is 76.2 Å². The Kier molecular flexibility index (Phi) is 4.69. The molecule has 1 aromatic rings. The molecular formula is C17H20N2O5. The first-order chi connectivity index (χ1) is 11.6. The maximum absolute atomic E-state index is 12.2. The van der Waals surface area contributed by atoms with Gasteiger partial charge in [-0.25, -0.2) is 9.69 Å². The van der Waals surface area contributed by atoms with Crippen LogP contribution in [0.4, 0.5) is 4.79 Å². The number of imide groups is 1. The van der Waals surface area contributed by atoms with E-state index in [0.717, 1.165) is 16.2 Å². The number of carbonyl (C=O) groups is 3. The molecule has 2 aliphatic rings. The summed E-state index contributed by atoms with van der Waals surface area (Å²) in [6, 6.07) is 7.49. The average molecular weight is 332 g/mol. The molecule has 128 valence electrons. The van der Waals surface area contributed by atoms with Crippen LogP contribution < -0.4 is 4.74 Å². The van der Waals surface area contributed by atoms with Crippen LogP contribution in [0.1, 0.15) is 12.5 Å². The van der Waals surface area contributed by atoms with Crippen LogP contribution in [0, 0.1) is 5.92 Å². The second-order valence-corrected chi connectivity index (χ2v) is 5.98. The Balaban J connectivity index is 1.44. The standard InChI is InChI=1S/C17H20N2O5/c1-2-23-14-5-3-12(4-6-14)7-15(20)18-8-13(9-18)10-19-16(21)11-24-17(19)22/h3-6,13H,2,7-11H2,1H3. The number of nitrogens with zero attached hydrogens (tertiary/aromatic N) is 2. The van der Waals surface area contributed by atoms with Crippen molar-refractivity contribution in [1.82, 2.24) is 9.80 Å². The van der Waals surface area contributed by atoms with Crippen LogP contribution in [0.3, 0.4) is 0 Å². The number of hydrogen-bond donors (Lipinski definition) is 0. The lowest BCUT2D eigenvalue weighted by molar-refractivity contribution is -0.137. The van der Waals surface area contributed by atoms with Gasteiger partial charge in [-0.05, 0) is 24.6 Å². The fraction of sp³-hybridized carbons (Fsp3) is 0.471. The molecule has 0 saturated carbocycles. The first-order valence-corrected chi connectivity index (χ1v) is 8.03. The maximum Gasteiger partial charge on any atom is 0.417 e. The van der Waals surface area contributed by atoms with Crippen molar-refractivity contribution in [3.05, 3.63) is 29.8 Å². The van der Waals surface area contributed by atoms with Crippen molar-refractivity contribution < 1.29 is 23.9 Å². The smallest absolute Gasteiger partial charge is 0.417 e. The van der Waals surface area contributed by atoms with Gasteiger partial charge in [-0.15, -0.1) is 0 Å². The molecule has 24 heavy (non-hydrogen) atoms. The Hall–Kier alpha value is -2.57. The summed E-state index contributed by atoms with van der Waals surface area (Å²) < 4.78 is 10.0. The summed E-state index contributed by atoms with van der Waals surface area (Å²) in [6.45, 7) is 3.81. The molecule has 7 heteroatoms. The Morgan fingerprint density at radius 2 is 1.96 bits per heavy atom. The number of ether oxygens (including phenoxy) is 2. The third kappa shape index (κ3) is 3.50. The number of amides is 3. The lowest BCUT2D eigenvalue weighted by atomic mass is 9.98. The van der Waals surface area contributed by atoms with E-state index >= 15 is 0 Å². The van der Waals surface area contributed by atoms with Gasteiger partial charge in [-0.1, -0.05) is 12.1 Å². The van der Waals surface area contributed by atoms with Crippen molar-refractivity contribution >= 4 is 17.9 Å². The maximum atomic E-state index is 12.2. The predicted octanol–water partition coefficient (Wildman–Crippen LogP) is 1.06. The Morgan fingerprint density at radius 1 is 1.25 bits per heavy atom. The van der Waals surface area contributed by atoms with Gasteiger partial charge in [0.25, 0.3) is 5.91 Å². The third-order valence-corrected chi connectivity index (χ3v) is 4.18. The quantitative estimate of drug-likeness (QED) is 0.779. The Labute approximate surface area is 140 Å². The highest BCUT2D eigenvalue weighted by Gasteiger charge is 2.38. The molecule has 0 atom stereocenters. The number of cyclic esters (lactones) is 1. The van der Waals surface area contributed by atoms with E-state index in [1.54, 1.807) is 4.90 Å². The Morgan fingerprint density at radius 3 is 2.54 bits per heavy atom. The summed E-state index contributed by atoms with van der Waals surface area (Å²) in [6.07, 6.45) is -0.247. The van der Waals surface area contributed by atoms with Crippen LogP contribution in [-0.2, 0) is 20.7 Å². The van der Waals surface area contributed by atoms with Crippen molar-refractivity contribution in [3.63, 3.8) is 0 Å². The lowest BCUT2D eigenvalue weighted by Crippen LogP contribution is -2.54. The minimum atomic E-state index is -0.584. The van der Waals surface area contributed by atoms with Gasteiger partial charge in [0.05, 0.1) is 13.0 Å². The van der Waals surface area contributed by atoms with E-state index in [-0.39, 0.29) is 24.3 Å². The summed E-state index contributed by atoms with van der Waals surface area (Å²) in [7, 11) is 0. The van der Waals surface area contributed by atoms with E-state index in [2.05, 4.69) is 4.74 Å². The summed E-state index contributed by atoms with van der Waals surface area (Å²) in [5.41, 5.74) is 0.935. The largest absolute Gasteiger partial charge is 0.494 e. The molecule has 1 aromatic carbocycles. The second kappa shape index (κ2) is 6.90. The van der Waals surface area contributed by atoms with E-state index in [0.29, 0.717) is 32.7 Å². The van der Waals surface area contributed by atoms with Crippen molar-refractivity contribution in [2.75, 3.05) is 32.8 Å². The van der Waals surface area contributed by atoms with Crippen LogP contribution in [0.2, 0.25) is 0 Å². The molecule has 2 fully saturated rings. The number of hydrogen-bond acceptors (Lipinski definition) is 5. The summed E-state index contributed by atoms with van der Waals surface area (Å²) in [4.78, 5) is 38.0. The molecule has 0 aromatic heterocycles. The first kappa shape index (κ1) is 16.3. The van der Waals surface area contributed by atoms with Crippen LogP contribution >= 0.6 is 0 Å². The summed E-state index contributed by atoms with van der Waals surface area (Å²) in [5, 5.41) is 0. The highest BCUT2D eigenvalue weighted by Crippen LogP contribution is 2.21. The number of carbonyl (C=O) groups excluding carboxylic acids is 3. The minimum absolute atomic E-state index is 0.0470. The third-order valence-electron chi connectivity index (χ3n) is 4.18. The van der Waals surface area contributed by atoms with Gasteiger partial charge >= 0.3 is 6.09 Å². The van der Waals surface area contributed by atoms with Gasteiger partial charge in [-0.3, -0.25) is 9.59 Å². The van der Waals surface area contributed by atoms with Crippen LogP contribution in [-0.4, -0.2) is 60.6 Å². The minimum Gasteiger partial charge on any atom is -0.494 e. The van der Waals surface area contributed by atoms with Crippen molar-refractivity contribution in [2.45, 2.75) is 13.3 Å². The van der Waals surface area contributed by atoms with Gasteiger partial charge < -0.3 is 14.4 Å². The van der Waals surface area contributed by atoms with Crippen LogP contribution in [0.25, 0.3) is 0 Å². The molecule has 2 aliphatic heterocycles. The van der Waals surface area contributed by atoms with Crippen molar-refractivity contribution in [1.29, 1.82) is 0 Å². The summed E-state index contributed by atoms with van der Waals surface area (Å²) in [5.74, 6) is 0.661. The number of likely N-dealkylation sites (tertiary alicyclic amines) is 1. The normalized spacial score (nSPS) is 17.7.